The van der Waals surface area contributed by atoms with Crippen molar-refractivity contribution in [2.24, 2.45) is 5.73 Å². The van der Waals surface area contributed by atoms with E-state index >= 15 is 0 Å². The molecular formula is C28H27F3N2O4S. The fraction of sp³-hybridized carbons (Fsp3) is 0.214. The van der Waals surface area contributed by atoms with Gasteiger partial charge in [0.15, 0.2) is 0 Å². The van der Waals surface area contributed by atoms with Crippen LogP contribution in [0.2, 0.25) is 0 Å². The van der Waals surface area contributed by atoms with Crippen LogP contribution in [0, 0.1) is 0 Å². The highest BCUT2D eigenvalue weighted by Gasteiger charge is 2.29. The van der Waals surface area contributed by atoms with E-state index in [2.05, 4.69) is 0 Å². The molecule has 0 fully saturated rings. The Bertz CT molecular complexity index is 1390. The van der Waals surface area contributed by atoms with Crippen molar-refractivity contribution in [1.29, 1.82) is 0 Å². The summed E-state index contributed by atoms with van der Waals surface area (Å²) in [4.78, 5) is 21.3. The third kappa shape index (κ3) is 8.58. The molecule has 1 amide bonds. The average Bonchev–Trinajstić information content (AvgIpc) is 3.19. The van der Waals surface area contributed by atoms with Crippen LogP contribution in [0.15, 0.2) is 83.8 Å². The summed E-state index contributed by atoms with van der Waals surface area (Å²) in [6.07, 6.45) is 1.37. The van der Waals surface area contributed by atoms with Gasteiger partial charge in [-0.2, -0.15) is 13.2 Å². The first-order valence-corrected chi connectivity index (χ1v) is 12.5. The van der Waals surface area contributed by atoms with E-state index in [1.165, 1.54) is 18.2 Å². The van der Waals surface area contributed by atoms with Crippen LogP contribution in [0.25, 0.3) is 10.9 Å². The molecule has 0 radical (unpaired) electrons. The summed E-state index contributed by atoms with van der Waals surface area (Å²) in [5.74, 6) is -0.560. The van der Waals surface area contributed by atoms with Crippen LogP contribution >= 0.6 is 11.8 Å². The van der Waals surface area contributed by atoms with Gasteiger partial charge in [-0.15, -0.1) is 0 Å². The van der Waals surface area contributed by atoms with E-state index in [1.54, 1.807) is 24.3 Å². The summed E-state index contributed by atoms with van der Waals surface area (Å²) in [5.41, 5.74) is 2.81. The van der Waals surface area contributed by atoms with Crippen LogP contribution in [0.5, 0.6) is 5.75 Å². The number of benzene rings is 3. The lowest BCUT2D eigenvalue weighted by atomic mass is 10.1. The normalized spacial score (nSPS) is 11.1. The Hall–Kier alpha value is -3.92. The van der Waals surface area contributed by atoms with Gasteiger partial charge in [-0.25, -0.2) is 4.79 Å². The molecule has 38 heavy (non-hydrogen) atoms. The van der Waals surface area contributed by atoms with Gasteiger partial charge in [0.25, 0.3) is 0 Å². The molecule has 4 rings (SSSR count). The molecule has 0 bridgehead atoms. The van der Waals surface area contributed by atoms with Gasteiger partial charge in [0.2, 0.25) is 5.91 Å². The van der Waals surface area contributed by atoms with Gasteiger partial charge in [-0.1, -0.05) is 37.3 Å². The number of primary amides is 1. The van der Waals surface area contributed by atoms with Crippen LogP contribution in [0.1, 0.15) is 41.4 Å². The second kappa shape index (κ2) is 13.0. The highest BCUT2D eigenvalue weighted by Crippen LogP contribution is 2.37. The molecular weight excluding hydrogens is 517 g/mol. The number of carboxylic acid groups (broad SMARTS) is 1. The van der Waals surface area contributed by atoms with E-state index < -0.39 is 11.5 Å². The smallest absolute Gasteiger partial charge is 0.446 e. The molecule has 0 atom stereocenters. The number of ether oxygens (including phenoxy) is 1. The number of aromatic carboxylic acids is 1. The zero-order chi connectivity index (χ0) is 27.7. The summed E-state index contributed by atoms with van der Waals surface area (Å²) < 4.78 is 46.2. The van der Waals surface area contributed by atoms with Crippen LogP contribution < -0.4 is 10.5 Å². The maximum atomic E-state index is 12.8. The van der Waals surface area contributed by atoms with Crippen LogP contribution in [-0.2, 0) is 17.9 Å². The van der Waals surface area contributed by atoms with Crippen molar-refractivity contribution < 1.29 is 32.6 Å². The number of halogens is 3. The van der Waals surface area contributed by atoms with E-state index in [4.69, 9.17) is 10.5 Å². The summed E-state index contributed by atoms with van der Waals surface area (Å²) in [6.45, 7) is 2.46. The maximum absolute atomic E-state index is 12.8. The van der Waals surface area contributed by atoms with E-state index in [1.807, 2.05) is 47.9 Å². The average molecular weight is 545 g/mol. The molecule has 0 aliphatic rings. The highest BCUT2D eigenvalue weighted by atomic mass is 32.2. The number of thioether (sulfide) groups is 1. The molecule has 200 valence electrons. The topological polar surface area (TPSA) is 94.6 Å². The van der Waals surface area contributed by atoms with Crippen LogP contribution in [0.4, 0.5) is 13.2 Å². The van der Waals surface area contributed by atoms with Crippen molar-refractivity contribution in [2.75, 3.05) is 0 Å². The summed E-state index contributed by atoms with van der Waals surface area (Å²) in [7, 11) is 0. The lowest BCUT2D eigenvalue weighted by Crippen LogP contribution is -2.08. The molecule has 0 aliphatic heterocycles. The van der Waals surface area contributed by atoms with Gasteiger partial charge in [-0.05, 0) is 72.3 Å². The Morgan fingerprint density at radius 2 is 1.74 bits per heavy atom. The summed E-state index contributed by atoms with van der Waals surface area (Å²) >= 11 is -0.151. The summed E-state index contributed by atoms with van der Waals surface area (Å²) in [5, 5.41) is 10.0. The maximum Gasteiger partial charge on any atom is 0.446 e. The van der Waals surface area contributed by atoms with Crippen molar-refractivity contribution in [3.05, 3.63) is 95.7 Å². The van der Waals surface area contributed by atoms with Crippen molar-refractivity contribution in [3.63, 3.8) is 0 Å². The van der Waals surface area contributed by atoms with E-state index in [9.17, 15) is 27.9 Å². The minimum atomic E-state index is -4.36. The number of nitrogens with two attached hydrogens (primary N) is 1. The fourth-order valence-corrected chi connectivity index (χ4v) is 4.34. The Morgan fingerprint density at radius 3 is 2.34 bits per heavy atom. The Morgan fingerprint density at radius 1 is 1.00 bits per heavy atom. The van der Waals surface area contributed by atoms with Gasteiger partial charge >= 0.3 is 11.5 Å². The Balaban J connectivity index is 0.000000599. The predicted octanol–water partition coefficient (Wildman–Crippen LogP) is 6.85. The Labute approximate surface area is 222 Å². The number of carbonyl (C=O) groups excluding carboxylic acids is 1. The monoisotopic (exact) mass is 544 g/mol. The number of carbonyl (C=O) groups is 2. The second-order valence-corrected chi connectivity index (χ2v) is 9.45. The number of hydrogen-bond acceptors (Lipinski definition) is 4. The van der Waals surface area contributed by atoms with E-state index in [0.29, 0.717) is 24.3 Å². The zero-order valence-electron chi connectivity index (χ0n) is 20.6. The lowest BCUT2D eigenvalue weighted by Gasteiger charge is -2.13. The number of nitrogens with zero attached hydrogens (tertiary/aromatic N) is 1. The van der Waals surface area contributed by atoms with Gasteiger partial charge in [0.05, 0.1) is 11.3 Å². The number of carboxylic acids is 1. The molecule has 10 heteroatoms. The zero-order valence-corrected chi connectivity index (χ0v) is 21.4. The number of aromatic nitrogens is 1. The molecule has 3 aromatic carbocycles. The molecule has 0 spiro atoms. The van der Waals surface area contributed by atoms with Gasteiger partial charge in [0.1, 0.15) is 12.4 Å². The standard InChI is InChI=1S/C24H18F3NO3S.C4H9NO/c25-24(26,27)32-21-8-4-5-16(11-21)14-28-19(15-31-20-6-2-1-3-7-20)13-18-12-17(23(29)30)9-10-22(18)28;1-2-3-4(5)6/h1-13H,14-15H2,(H,29,30);2-3H2,1H3,(H2,5,6). The van der Waals surface area contributed by atoms with E-state index in [-0.39, 0.29) is 34.7 Å². The SMILES string of the molecule is CCCC(N)=O.O=C(O)c1ccc2c(c1)cc(COc1ccccc1)n2Cc1cccc(SC(F)(F)F)c1. The molecule has 3 N–H and O–H groups in total. The van der Waals surface area contributed by atoms with Gasteiger partial charge < -0.3 is 20.1 Å². The van der Waals surface area contributed by atoms with Crippen LogP contribution in [0.3, 0.4) is 0 Å². The highest BCUT2D eigenvalue weighted by molar-refractivity contribution is 8.00. The minimum absolute atomic E-state index is 0.113. The fourth-order valence-electron chi connectivity index (χ4n) is 3.71. The predicted molar refractivity (Wildman–Crippen MR) is 141 cm³/mol. The third-order valence-corrected chi connectivity index (χ3v) is 6.05. The first-order chi connectivity index (χ1) is 18.1. The van der Waals surface area contributed by atoms with Crippen molar-refractivity contribution in [2.45, 2.75) is 43.3 Å². The van der Waals surface area contributed by atoms with Crippen molar-refractivity contribution >= 4 is 34.5 Å². The molecule has 0 saturated carbocycles. The number of hydrogen-bond donors (Lipinski definition) is 2. The molecule has 1 aromatic heterocycles. The van der Waals surface area contributed by atoms with Gasteiger partial charge in [0, 0.05) is 28.8 Å². The first kappa shape index (κ1) is 28.6. The Kier molecular flexibility index (Phi) is 9.84. The largest absolute Gasteiger partial charge is 0.487 e. The summed E-state index contributed by atoms with van der Waals surface area (Å²) in [6, 6.07) is 22.2. The van der Waals surface area contributed by atoms with Gasteiger partial charge in [-0.3, -0.25) is 4.79 Å². The van der Waals surface area contributed by atoms with Crippen molar-refractivity contribution in [1.82, 2.24) is 4.57 Å². The molecule has 4 aromatic rings. The molecule has 6 nitrogen and oxygen atoms in total. The number of amides is 1. The number of alkyl halides is 3. The third-order valence-electron chi connectivity index (χ3n) is 5.33. The number of fused-ring (bicyclic) bond motifs is 1. The molecule has 0 unspecified atom stereocenters. The van der Waals surface area contributed by atoms with Crippen molar-refractivity contribution in [3.8, 4) is 5.75 Å². The van der Waals surface area contributed by atoms with Crippen LogP contribution in [-0.4, -0.2) is 27.1 Å². The second-order valence-electron chi connectivity index (χ2n) is 8.31. The van der Waals surface area contributed by atoms with E-state index in [0.717, 1.165) is 23.0 Å². The molecule has 1 heterocycles. The number of para-hydroxylation sites is 1. The number of rotatable bonds is 9. The lowest BCUT2D eigenvalue weighted by molar-refractivity contribution is -0.118. The minimum Gasteiger partial charge on any atom is -0.487 e. The molecule has 0 saturated heterocycles. The first-order valence-electron chi connectivity index (χ1n) is 11.7. The quantitative estimate of drug-likeness (QED) is 0.225. The molecule has 0 aliphatic carbocycles.